The number of ether oxygens (including phenoxy) is 1. The fourth-order valence-corrected chi connectivity index (χ4v) is 2.67. The monoisotopic (exact) mass is 265 g/mol. The first-order chi connectivity index (χ1) is 9.19. The summed E-state index contributed by atoms with van der Waals surface area (Å²) in [5, 5.41) is 3.57. The second-order valence-electron chi connectivity index (χ2n) is 5.47. The van der Waals surface area contributed by atoms with Gasteiger partial charge in [-0.1, -0.05) is 6.92 Å². The molecule has 106 valence electrons. The summed E-state index contributed by atoms with van der Waals surface area (Å²) in [6.45, 7) is 5.03. The van der Waals surface area contributed by atoms with E-state index in [1.807, 2.05) is 0 Å². The molecule has 0 aliphatic heterocycles. The molecule has 2 atom stereocenters. The molecule has 1 aliphatic carbocycles. The van der Waals surface area contributed by atoms with E-state index in [2.05, 4.69) is 12.2 Å². The van der Waals surface area contributed by atoms with Crippen molar-refractivity contribution < 1.29 is 9.13 Å². The highest BCUT2D eigenvalue weighted by Crippen LogP contribution is 2.25. The Labute approximate surface area is 115 Å². The smallest absolute Gasteiger partial charge is 0.126 e. The molecule has 1 aliphatic rings. The molecule has 1 aromatic rings. The van der Waals surface area contributed by atoms with Crippen LogP contribution in [0.1, 0.15) is 44.6 Å². The van der Waals surface area contributed by atoms with E-state index in [0.717, 1.165) is 25.1 Å². The molecule has 0 heterocycles. The van der Waals surface area contributed by atoms with Crippen LogP contribution in [0.5, 0.6) is 5.75 Å². The number of rotatable bonds is 5. The quantitative estimate of drug-likeness (QED) is 0.873. The van der Waals surface area contributed by atoms with E-state index >= 15 is 0 Å². The van der Waals surface area contributed by atoms with Gasteiger partial charge in [-0.25, -0.2) is 4.39 Å². The Hall–Kier alpha value is -1.09. The van der Waals surface area contributed by atoms with E-state index in [1.165, 1.54) is 25.3 Å². The SMILES string of the molecule is CCCNC1CCCC(Oc2ccc(F)c(C)c2)C1. The van der Waals surface area contributed by atoms with Crippen molar-refractivity contribution in [2.45, 2.75) is 58.1 Å². The Morgan fingerprint density at radius 1 is 1.37 bits per heavy atom. The molecular formula is C16H24FNO. The lowest BCUT2D eigenvalue weighted by atomic mass is 9.92. The summed E-state index contributed by atoms with van der Waals surface area (Å²) in [4.78, 5) is 0. The molecule has 2 nitrogen and oxygen atoms in total. The zero-order chi connectivity index (χ0) is 13.7. The molecule has 1 N–H and O–H groups in total. The second-order valence-corrected chi connectivity index (χ2v) is 5.47. The molecule has 19 heavy (non-hydrogen) atoms. The van der Waals surface area contributed by atoms with Gasteiger partial charge in [-0.05, 0) is 69.3 Å². The third-order valence-corrected chi connectivity index (χ3v) is 3.74. The van der Waals surface area contributed by atoms with Crippen molar-refractivity contribution in [3.8, 4) is 5.75 Å². The van der Waals surface area contributed by atoms with Crippen LogP contribution in [0.2, 0.25) is 0 Å². The van der Waals surface area contributed by atoms with E-state index in [4.69, 9.17) is 4.74 Å². The first kappa shape index (κ1) is 14.3. The molecule has 0 spiro atoms. The number of hydrogen-bond acceptors (Lipinski definition) is 2. The predicted molar refractivity (Wildman–Crippen MR) is 76.1 cm³/mol. The maximum atomic E-state index is 13.2. The Morgan fingerprint density at radius 2 is 2.21 bits per heavy atom. The van der Waals surface area contributed by atoms with E-state index < -0.39 is 0 Å². The minimum absolute atomic E-state index is 0.168. The summed E-state index contributed by atoms with van der Waals surface area (Å²) >= 11 is 0. The molecule has 0 amide bonds. The molecule has 0 saturated heterocycles. The highest BCUT2D eigenvalue weighted by atomic mass is 19.1. The lowest BCUT2D eigenvalue weighted by Crippen LogP contribution is -2.38. The molecule has 0 aromatic heterocycles. The Morgan fingerprint density at radius 3 is 2.95 bits per heavy atom. The van der Waals surface area contributed by atoms with Gasteiger partial charge >= 0.3 is 0 Å². The van der Waals surface area contributed by atoms with Gasteiger partial charge in [-0.2, -0.15) is 0 Å². The summed E-state index contributed by atoms with van der Waals surface area (Å²) < 4.78 is 19.2. The predicted octanol–water partition coefficient (Wildman–Crippen LogP) is 3.82. The molecule has 1 fully saturated rings. The van der Waals surface area contributed by atoms with E-state index in [0.29, 0.717) is 11.6 Å². The Bertz CT molecular complexity index is 408. The van der Waals surface area contributed by atoms with Crippen molar-refractivity contribution in [1.29, 1.82) is 0 Å². The lowest BCUT2D eigenvalue weighted by molar-refractivity contribution is 0.134. The standard InChI is InChI=1S/C16H24FNO/c1-3-9-18-13-5-4-6-14(11-13)19-15-7-8-16(17)12(2)10-15/h7-8,10,13-14,18H,3-6,9,11H2,1-2H3. The van der Waals surface area contributed by atoms with Gasteiger partial charge in [0, 0.05) is 6.04 Å². The van der Waals surface area contributed by atoms with Crippen molar-refractivity contribution in [1.82, 2.24) is 5.32 Å². The fraction of sp³-hybridized carbons (Fsp3) is 0.625. The first-order valence-corrected chi connectivity index (χ1v) is 7.35. The average molecular weight is 265 g/mol. The van der Waals surface area contributed by atoms with Crippen molar-refractivity contribution >= 4 is 0 Å². The molecule has 3 heteroatoms. The van der Waals surface area contributed by atoms with E-state index in [-0.39, 0.29) is 11.9 Å². The van der Waals surface area contributed by atoms with Crippen LogP contribution in [0.25, 0.3) is 0 Å². The van der Waals surface area contributed by atoms with Gasteiger partial charge in [0.1, 0.15) is 17.7 Å². The van der Waals surface area contributed by atoms with Crippen molar-refractivity contribution in [3.05, 3.63) is 29.6 Å². The highest BCUT2D eigenvalue weighted by molar-refractivity contribution is 5.29. The third kappa shape index (κ3) is 4.20. The maximum absolute atomic E-state index is 13.2. The molecule has 2 unspecified atom stereocenters. The average Bonchev–Trinajstić information content (AvgIpc) is 2.41. The molecule has 0 radical (unpaired) electrons. The van der Waals surface area contributed by atoms with Crippen molar-refractivity contribution in [2.75, 3.05) is 6.54 Å². The lowest BCUT2D eigenvalue weighted by Gasteiger charge is -2.30. The largest absolute Gasteiger partial charge is 0.490 e. The zero-order valence-corrected chi connectivity index (χ0v) is 11.9. The summed E-state index contributed by atoms with van der Waals surface area (Å²) in [7, 11) is 0. The van der Waals surface area contributed by atoms with Gasteiger partial charge in [-0.3, -0.25) is 0 Å². The van der Waals surface area contributed by atoms with Gasteiger partial charge in [0.25, 0.3) is 0 Å². The maximum Gasteiger partial charge on any atom is 0.126 e. The first-order valence-electron chi connectivity index (χ1n) is 7.35. The van der Waals surface area contributed by atoms with Crippen LogP contribution < -0.4 is 10.1 Å². The zero-order valence-electron chi connectivity index (χ0n) is 11.9. The Balaban J connectivity index is 1.89. The number of aryl methyl sites for hydroxylation is 1. The molecule has 2 rings (SSSR count). The Kier molecular flexibility index (Phi) is 5.20. The van der Waals surface area contributed by atoms with Crippen molar-refractivity contribution in [2.24, 2.45) is 0 Å². The van der Waals surface area contributed by atoms with E-state index in [9.17, 15) is 4.39 Å². The number of benzene rings is 1. The summed E-state index contributed by atoms with van der Waals surface area (Å²) in [5.74, 6) is 0.624. The molecule has 1 aromatic carbocycles. The summed E-state index contributed by atoms with van der Waals surface area (Å²) in [6, 6.07) is 5.57. The van der Waals surface area contributed by atoms with Crippen LogP contribution in [0.3, 0.4) is 0 Å². The van der Waals surface area contributed by atoms with Crippen LogP contribution >= 0.6 is 0 Å². The summed E-state index contributed by atoms with van der Waals surface area (Å²) in [6.07, 6.45) is 6.01. The minimum Gasteiger partial charge on any atom is -0.490 e. The van der Waals surface area contributed by atoms with Gasteiger partial charge in [0.15, 0.2) is 0 Å². The van der Waals surface area contributed by atoms with Crippen molar-refractivity contribution in [3.63, 3.8) is 0 Å². The van der Waals surface area contributed by atoms with Gasteiger partial charge in [-0.15, -0.1) is 0 Å². The highest BCUT2D eigenvalue weighted by Gasteiger charge is 2.22. The minimum atomic E-state index is -0.168. The molecular weight excluding hydrogens is 241 g/mol. The molecule has 0 bridgehead atoms. The van der Waals surface area contributed by atoms with Crippen LogP contribution in [0.4, 0.5) is 4.39 Å². The topological polar surface area (TPSA) is 21.3 Å². The van der Waals surface area contributed by atoms with Crippen LogP contribution in [-0.2, 0) is 0 Å². The van der Waals surface area contributed by atoms with Crippen LogP contribution in [0.15, 0.2) is 18.2 Å². The summed E-state index contributed by atoms with van der Waals surface area (Å²) in [5.41, 5.74) is 0.647. The van der Waals surface area contributed by atoms with Crippen LogP contribution in [0, 0.1) is 12.7 Å². The third-order valence-electron chi connectivity index (χ3n) is 3.74. The number of hydrogen-bond donors (Lipinski definition) is 1. The normalized spacial score (nSPS) is 23.3. The second kappa shape index (κ2) is 6.90. The number of nitrogens with one attached hydrogen (secondary N) is 1. The van der Waals surface area contributed by atoms with Gasteiger partial charge < -0.3 is 10.1 Å². The fourth-order valence-electron chi connectivity index (χ4n) is 2.67. The van der Waals surface area contributed by atoms with Gasteiger partial charge in [0.2, 0.25) is 0 Å². The number of halogens is 1. The van der Waals surface area contributed by atoms with E-state index in [1.54, 1.807) is 19.1 Å². The molecule has 1 saturated carbocycles. The van der Waals surface area contributed by atoms with Gasteiger partial charge in [0.05, 0.1) is 0 Å². The van der Waals surface area contributed by atoms with Crippen LogP contribution in [-0.4, -0.2) is 18.7 Å².